The predicted octanol–water partition coefficient (Wildman–Crippen LogP) is 4.75. The van der Waals surface area contributed by atoms with Crippen LogP contribution in [0.3, 0.4) is 0 Å². The molecule has 0 spiro atoms. The van der Waals surface area contributed by atoms with Crippen LogP contribution in [-0.2, 0) is 0 Å². The molecule has 1 fully saturated rings. The first-order valence-electron chi connectivity index (χ1n) is 7.54. The second-order valence-corrected chi connectivity index (χ2v) is 6.99. The second-order valence-electron chi connectivity index (χ2n) is 5.67. The number of carbonyl (C=O) groups is 1. The standard InChI is InChI=1S/C18H15ClN2OS/c19-13-5-3-12(4-6-13)15-11-23-17(18(22)20-14-7-8-14)16(15)21-9-1-2-10-21/h1-6,9-11,14H,7-8H2,(H,20,22). The van der Waals surface area contributed by atoms with Crippen LogP contribution in [0.5, 0.6) is 0 Å². The van der Waals surface area contributed by atoms with Gasteiger partial charge in [0.2, 0.25) is 0 Å². The van der Waals surface area contributed by atoms with E-state index in [4.69, 9.17) is 11.6 Å². The van der Waals surface area contributed by atoms with Crippen molar-refractivity contribution in [2.45, 2.75) is 18.9 Å². The molecule has 0 bridgehead atoms. The number of nitrogens with zero attached hydrogens (tertiary/aromatic N) is 1. The van der Waals surface area contributed by atoms with Gasteiger partial charge in [0.05, 0.1) is 5.69 Å². The van der Waals surface area contributed by atoms with E-state index < -0.39 is 0 Å². The third kappa shape index (κ3) is 2.92. The van der Waals surface area contributed by atoms with Crippen molar-refractivity contribution in [2.24, 2.45) is 0 Å². The van der Waals surface area contributed by atoms with Crippen molar-refractivity contribution in [3.05, 3.63) is 64.1 Å². The monoisotopic (exact) mass is 342 g/mol. The molecule has 1 amide bonds. The van der Waals surface area contributed by atoms with Gasteiger partial charge in [0.25, 0.3) is 5.91 Å². The van der Waals surface area contributed by atoms with Gasteiger partial charge in [-0.05, 0) is 42.7 Å². The summed E-state index contributed by atoms with van der Waals surface area (Å²) in [5.74, 6) is 0.0152. The Labute approximate surface area is 143 Å². The highest BCUT2D eigenvalue weighted by atomic mass is 35.5. The van der Waals surface area contributed by atoms with Crippen LogP contribution >= 0.6 is 22.9 Å². The molecule has 2 aromatic heterocycles. The minimum atomic E-state index is 0.0152. The minimum absolute atomic E-state index is 0.0152. The van der Waals surface area contributed by atoms with E-state index in [1.807, 2.05) is 58.7 Å². The summed E-state index contributed by atoms with van der Waals surface area (Å²) in [7, 11) is 0. The summed E-state index contributed by atoms with van der Waals surface area (Å²) in [6.45, 7) is 0. The Morgan fingerprint density at radius 2 is 1.87 bits per heavy atom. The summed E-state index contributed by atoms with van der Waals surface area (Å²) in [6.07, 6.45) is 6.10. The van der Waals surface area contributed by atoms with E-state index in [0.29, 0.717) is 11.1 Å². The van der Waals surface area contributed by atoms with Gasteiger partial charge in [0.15, 0.2) is 0 Å². The SMILES string of the molecule is O=C(NC1CC1)c1scc(-c2ccc(Cl)cc2)c1-n1cccc1. The van der Waals surface area contributed by atoms with E-state index in [1.54, 1.807) is 0 Å². The third-order valence-corrected chi connectivity index (χ3v) is 5.12. The first-order valence-corrected chi connectivity index (χ1v) is 8.80. The highest BCUT2D eigenvalue weighted by Gasteiger charge is 2.27. The van der Waals surface area contributed by atoms with Crippen LogP contribution < -0.4 is 5.32 Å². The van der Waals surface area contributed by atoms with Gasteiger partial charge in [-0.2, -0.15) is 0 Å². The first-order chi connectivity index (χ1) is 11.2. The number of carbonyl (C=O) groups excluding carboxylic acids is 1. The van der Waals surface area contributed by atoms with Crippen LogP contribution in [0.2, 0.25) is 5.02 Å². The van der Waals surface area contributed by atoms with Gasteiger partial charge in [-0.25, -0.2) is 0 Å². The van der Waals surface area contributed by atoms with Gasteiger partial charge in [-0.1, -0.05) is 23.7 Å². The Bertz CT molecular complexity index is 833. The number of halogens is 1. The van der Waals surface area contributed by atoms with E-state index in [0.717, 1.165) is 34.5 Å². The lowest BCUT2D eigenvalue weighted by molar-refractivity contribution is 0.0955. The van der Waals surface area contributed by atoms with Crippen LogP contribution in [0.4, 0.5) is 0 Å². The molecule has 5 heteroatoms. The molecule has 23 heavy (non-hydrogen) atoms. The summed E-state index contributed by atoms with van der Waals surface area (Å²) in [6, 6.07) is 12.0. The Kier molecular flexibility index (Phi) is 3.71. The maximum atomic E-state index is 12.6. The summed E-state index contributed by atoms with van der Waals surface area (Å²) in [5.41, 5.74) is 3.03. The van der Waals surface area contributed by atoms with E-state index in [1.165, 1.54) is 11.3 Å². The molecule has 0 unspecified atom stereocenters. The number of aromatic nitrogens is 1. The van der Waals surface area contributed by atoms with Crippen LogP contribution in [0, 0.1) is 0 Å². The lowest BCUT2D eigenvalue weighted by atomic mass is 10.1. The van der Waals surface area contributed by atoms with Gasteiger partial charge in [-0.15, -0.1) is 11.3 Å². The molecule has 116 valence electrons. The van der Waals surface area contributed by atoms with Gasteiger partial charge in [0, 0.05) is 34.4 Å². The van der Waals surface area contributed by atoms with Crippen LogP contribution in [0.1, 0.15) is 22.5 Å². The van der Waals surface area contributed by atoms with Crippen LogP contribution in [0.15, 0.2) is 54.2 Å². The Morgan fingerprint density at radius 3 is 2.52 bits per heavy atom. The zero-order valence-electron chi connectivity index (χ0n) is 12.3. The van der Waals surface area contributed by atoms with Crippen LogP contribution in [-0.4, -0.2) is 16.5 Å². The largest absolute Gasteiger partial charge is 0.349 e. The van der Waals surface area contributed by atoms with Crippen LogP contribution in [0.25, 0.3) is 16.8 Å². The van der Waals surface area contributed by atoms with Gasteiger partial charge in [-0.3, -0.25) is 4.79 Å². The molecule has 1 aliphatic rings. The van der Waals surface area contributed by atoms with E-state index in [9.17, 15) is 4.79 Å². The van der Waals surface area contributed by atoms with Crippen molar-refractivity contribution in [3.8, 4) is 16.8 Å². The lowest BCUT2D eigenvalue weighted by Gasteiger charge is -2.10. The van der Waals surface area contributed by atoms with Crippen molar-refractivity contribution >= 4 is 28.8 Å². The zero-order valence-corrected chi connectivity index (χ0v) is 13.9. The molecule has 0 aliphatic heterocycles. The molecule has 0 atom stereocenters. The average Bonchev–Trinajstić information content (AvgIpc) is 3.05. The average molecular weight is 343 g/mol. The Morgan fingerprint density at radius 1 is 1.17 bits per heavy atom. The molecule has 2 heterocycles. The quantitative estimate of drug-likeness (QED) is 0.729. The zero-order chi connectivity index (χ0) is 15.8. The topological polar surface area (TPSA) is 34.0 Å². The Balaban J connectivity index is 1.81. The number of hydrogen-bond donors (Lipinski definition) is 1. The van der Waals surface area contributed by atoms with E-state index in [2.05, 4.69) is 5.32 Å². The fraction of sp³-hybridized carbons (Fsp3) is 0.167. The molecule has 4 rings (SSSR count). The van der Waals surface area contributed by atoms with Crippen molar-refractivity contribution in [1.29, 1.82) is 0 Å². The Hall–Kier alpha value is -2.04. The highest BCUT2D eigenvalue weighted by Crippen LogP contribution is 2.36. The lowest BCUT2D eigenvalue weighted by Crippen LogP contribution is -2.25. The van der Waals surface area contributed by atoms with Crippen molar-refractivity contribution < 1.29 is 4.79 Å². The maximum absolute atomic E-state index is 12.6. The number of hydrogen-bond acceptors (Lipinski definition) is 2. The van der Waals surface area contributed by atoms with Crippen molar-refractivity contribution in [2.75, 3.05) is 0 Å². The predicted molar refractivity (Wildman–Crippen MR) is 94.6 cm³/mol. The summed E-state index contributed by atoms with van der Waals surface area (Å²) in [5, 5.41) is 5.83. The number of benzene rings is 1. The summed E-state index contributed by atoms with van der Waals surface area (Å²) >= 11 is 7.48. The smallest absolute Gasteiger partial charge is 0.263 e. The van der Waals surface area contributed by atoms with E-state index >= 15 is 0 Å². The molecule has 3 aromatic rings. The number of amides is 1. The molecule has 1 N–H and O–H groups in total. The molecular formula is C18H15ClN2OS. The van der Waals surface area contributed by atoms with Gasteiger partial charge in [0.1, 0.15) is 4.88 Å². The second kappa shape index (κ2) is 5.87. The van der Waals surface area contributed by atoms with Gasteiger partial charge >= 0.3 is 0 Å². The fourth-order valence-corrected chi connectivity index (χ4v) is 3.67. The first kappa shape index (κ1) is 14.5. The summed E-state index contributed by atoms with van der Waals surface area (Å²) < 4.78 is 2.00. The third-order valence-electron chi connectivity index (χ3n) is 3.90. The normalized spacial score (nSPS) is 14.0. The number of rotatable bonds is 4. The fourth-order valence-electron chi connectivity index (χ4n) is 2.57. The molecule has 1 saturated carbocycles. The van der Waals surface area contributed by atoms with Crippen molar-refractivity contribution in [1.82, 2.24) is 9.88 Å². The molecular weight excluding hydrogens is 328 g/mol. The highest BCUT2D eigenvalue weighted by molar-refractivity contribution is 7.13. The molecule has 3 nitrogen and oxygen atoms in total. The summed E-state index contributed by atoms with van der Waals surface area (Å²) in [4.78, 5) is 13.3. The van der Waals surface area contributed by atoms with E-state index in [-0.39, 0.29) is 5.91 Å². The van der Waals surface area contributed by atoms with Gasteiger partial charge < -0.3 is 9.88 Å². The maximum Gasteiger partial charge on any atom is 0.263 e. The minimum Gasteiger partial charge on any atom is -0.349 e. The molecule has 0 radical (unpaired) electrons. The van der Waals surface area contributed by atoms with Crippen molar-refractivity contribution in [3.63, 3.8) is 0 Å². The molecule has 1 aliphatic carbocycles. The molecule has 0 saturated heterocycles. The number of thiophene rings is 1. The molecule has 1 aromatic carbocycles. The number of nitrogens with one attached hydrogen (secondary N) is 1.